The van der Waals surface area contributed by atoms with Gasteiger partial charge in [0, 0.05) is 5.25 Å². The normalized spacial score (nSPS) is 29.1. The van der Waals surface area contributed by atoms with Crippen LogP contribution in [0.1, 0.15) is 39.5 Å². The van der Waals surface area contributed by atoms with Gasteiger partial charge in [-0.15, -0.1) is 0 Å². The predicted octanol–water partition coefficient (Wildman–Crippen LogP) is 2.26. The fourth-order valence-corrected chi connectivity index (χ4v) is 2.50. The van der Waals surface area contributed by atoms with Crippen LogP contribution in [-0.4, -0.2) is 29.2 Å². The summed E-state index contributed by atoms with van der Waals surface area (Å²) in [5, 5.41) is 9.32. The second-order valence-corrected chi connectivity index (χ2v) is 5.41. The average Bonchev–Trinajstić information content (AvgIpc) is 2.16. The van der Waals surface area contributed by atoms with Crippen LogP contribution in [0.3, 0.4) is 0 Å². The third-order valence-electron chi connectivity index (χ3n) is 3.25. The zero-order valence-electron chi connectivity index (χ0n) is 9.20. The number of rotatable bonds is 4. The van der Waals surface area contributed by atoms with E-state index in [1.54, 1.807) is 0 Å². The largest absolute Gasteiger partial charge is 0.394 e. The minimum atomic E-state index is -0.0867. The molecule has 0 unspecified atom stereocenters. The van der Waals surface area contributed by atoms with Gasteiger partial charge in [-0.25, -0.2) is 0 Å². The molecule has 1 fully saturated rings. The van der Waals surface area contributed by atoms with Gasteiger partial charge in [-0.2, -0.15) is 12.6 Å². The van der Waals surface area contributed by atoms with Crippen LogP contribution in [0.15, 0.2) is 0 Å². The number of ether oxygens (including phenoxy) is 1. The highest BCUT2D eigenvalue weighted by atomic mass is 32.1. The summed E-state index contributed by atoms with van der Waals surface area (Å²) in [4.78, 5) is 0. The van der Waals surface area contributed by atoms with Gasteiger partial charge in [-0.05, 0) is 45.4 Å². The Balaban J connectivity index is 2.38. The summed E-state index contributed by atoms with van der Waals surface area (Å²) in [6.07, 6.45) is 4.79. The van der Waals surface area contributed by atoms with Crippen molar-refractivity contribution in [3.8, 4) is 0 Å². The number of hydrogen-bond acceptors (Lipinski definition) is 3. The Bertz CT molecular complexity index is 163. The van der Waals surface area contributed by atoms with Crippen molar-refractivity contribution in [1.82, 2.24) is 0 Å². The molecule has 1 rings (SSSR count). The topological polar surface area (TPSA) is 29.5 Å². The second kappa shape index (κ2) is 5.38. The molecular weight excluding hydrogens is 196 g/mol. The third-order valence-corrected chi connectivity index (χ3v) is 3.76. The SMILES string of the molecule is CC(C)(OCCO)C1CCC(S)CC1. The van der Waals surface area contributed by atoms with Crippen LogP contribution >= 0.6 is 12.6 Å². The quantitative estimate of drug-likeness (QED) is 0.709. The molecule has 0 saturated heterocycles. The summed E-state index contributed by atoms with van der Waals surface area (Å²) in [7, 11) is 0. The zero-order valence-corrected chi connectivity index (χ0v) is 10.1. The molecule has 1 N–H and O–H groups in total. The van der Waals surface area contributed by atoms with E-state index in [1.807, 2.05) is 0 Å². The van der Waals surface area contributed by atoms with Crippen molar-refractivity contribution in [1.29, 1.82) is 0 Å². The molecule has 0 heterocycles. The molecule has 0 atom stereocenters. The Labute approximate surface area is 92.4 Å². The van der Waals surface area contributed by atoms with Crippen LogP contribution in [0, 0.1) is 5.92 Å². The lowest BCUT2D eigenvalue weighted by Gasteiger charge is -2.38. The monoisotopic (exact) mass is 218 g/mol. The van der Waals surface area contributed by atoms with E-state index < -0.39 is 0 Å². The highest BCUT2D eigenvalue weighted by molar-refractivity contribution is 7.80. The van der Waals surface area contributed by atoms with Crippen molar-refractivity contribution in [2.45, 2.75) is 50.4 Å². The summed E-state index contributed by atoms with van der Waals surface area (Å²) in [5.74, 6) is 0.623. The van der Waals surface area contributed by atoms with Gasteiger partial charge in [0.05, 0.1) is 18.8 Å². The van der Waals surface area contributed by atoms with Crippen molar-refractivity contribution < 1.29 is 9.84 Å². The number of thiol groups is 1. The first-order chi connectivity index (χ1) is 6.56. The van der Waals surface area contributed by atoms with Gasteiger partial charge in [-0.3, -0.25) is 0 Å². The number of aliphatic hydroxyl groups is 1. The number of hydrogen-bond donors (Lipinski definition) is 2. The molecule has 3 heteroatoms. The molecule has 1 aliphatic rings. The summed E-state index contributed by atoms with van der Waals surface area (Å²) in [5.41, 5.74) is -0.0867. The van der Waals surface area contributed by atoms with E-state index in [1.165, 1.54) is 25.7 Å². The van der Waals surface area contributed by atoms with E-state index in [0.29, 0.717) is 17.8 Å². The van der Waals surface area contributed by atoms with E-state index in [9.17, 15) is 0 Å². The maximum Gasteiger partial charge on any atom is 0.0705 e. The van der Waals surface area contributed by atoms with Crippen molar-refractivity contribution in [2.24, 2.45) is 5.92 Å². The average molecular weight is 218 g/mol. The van der Waals surface area contributed by atoms with Crippen molar-refractivity contribution in [3.05, 3.63) is 0 Å². The lowest BCUT2D eigenvalue weighted by molar-refractivity contribution is -0.0794. The molecule has 0 aromatic heterocycles. The molecule has 2 nitrogen and oxygen atoms in total. The van der Waals surface area contributed by atoms with E-state index >= 15 is 0 Å². The van der Waals surface area contributed by atoms with Gasteiger partial charge in [0.15, 0.2) is 0 Å². The highest BCUT2D eigenvalue weighted by Crippen LogP contribution is 2.36. The minimum Gasteiger partial charge on any atom is -0.394 e. The highest BCUT2D eigenvalue weighted by Gasteiger charge is 2.32. The molecular formula is C11H22O2S. The molecule has 84 valence electrons. The molecule has 1 saturated carbocycles. The van der Waals surface area contributed by atoms with E-state index in [4.69, 9.17) is 9.84 Å². The Kier molecular flexibility index (Phi) is 4.74. The summed E-state index contributed by atoms with van der Waals surface area (Å²) in [6, 6.07) is 0. The Hall–Kier alpha value is 0.270. The molecule has 0 bridgehead atoms. The van der Waals surface area contributed by atoms with Crippen molar-refractivity contribution in [3.63, 3.8) is 0 Å². The van der Waals surface area contributed by atoms with Crippen LogP contribution in [0.2, 0.25) is 0 Å². The molecule has 0 radical (unpaired) electrons. The van der Waals surface area contributed by atoms with Crippen LogP contribution in [0.25, 0.3) is 0 Å². The first kappa shape index (κ1) is 12.3. The molecule has 0 spiro atoms. The van der Waals surface area contributed by atoms with E-state index in [-0.39, 0.29) is 12.2 Å². The molecule has 0 amide bonds. The Morgan fingerprint density at radius 2 is 1.86 bits per heavy atom. The summed E-state index contributed by atoms with van der Waals surface area (Å²) in [6.45, 7) is 4.83. The second-order valence-electron chi connectivity index (χ2n) is 4.68. The molecule has 0 aromatic rings. The van der Waals surface area contributed by atoms with Crippen molar-refractivity contribution >= 4 is 12.6 Å². The van der Waals surface area contributed by atoms with Crippen LogP contribution < -0.4 is 0 Å². The van der Waals surface area contributed by atoms with Gasteiger partial charge in [0.1, 0.15) is 0 Å². The molecule has 1 aliphatic carbocycles. The first-order valence-corrected chi connectivity index (χ1v) is 6.01. The maximum atomic E-state index is 8.73. The first-order valence-electron chi connectivity index (χ1n) is 5.49. The smallest absolute Gasteiger partial charge is 0.0705 e. The van der Waals surface area contributed by atoms with Gasteiger partial charge in [0.25, 0.3) is 0 Å². The van der Waals surface area contributed by atoms with Crippen LogP contribution in [-0.2, 0) is 4.74 Å². The van der Waals surface area contributed by atoms with Gasteiger partial charge in [-0.1, -0.05) is 0 Å². The van der Waals surface area contributed by atoms with Crippen LogP contribution in [0.5, 0.6) is 0 Å². The molecule has 14 heavy (non-hydrogen) atoms. The summed E-state index contributed by atoms with van der Waals surface area (Å²) < 4.78 is 5.68. The van der Waals surface area contributed by atoms with E-state index in [0.717, 1.165) is 0 Å². The fraction of sp³-hybridized carbons (Fsp3) is 1.00. The Morgan fingerprint density at radius 1 is 1.29 bits per heavy atom. The number of aliphatic hydroxyl groups excluding tert-OH is 1. The fourth-order valence-electron chi connectivity index (χ4n) is 2.20. The van der Waals surface area contributed by atoms with Crippen molar-refractivity contribution in [2.75, 3.05) is 13.2 Å². The van der Waals surface area contributed by atoms with Crippen LogP contribution in [0.4, 0.5) is 0 Å². The predicted molar refractivity (Wildman–Crippen MR) is 61.8 cm³/mol. The third kappa shape index (κ3) is 3.44. The minimum absolute atomic E-state index is 0.0867. The lowest BCUT2D eigenvalue weighted by atomic mass is 9.78. The van der Waals surface area contributed by atoms with Gasteiger partial charge in [0.2, 0.25) is 0 Å². The standard InChI is InChI=1S/C11H22O2S/c1-11(2,13-8-7-12)9-3-5-10(14)6-4-9/h9-10,12,14H,3-8H2,1-2H3. The van der Waals surface area contributed by atoms with E-state index in [2.05, 4.69) is 26.5 Å². The maximum absolute atomic E-state index is 8.73. The molecule has 0 aliphatic heterocycles. The van der Waals surface area contributed by atoms with Gasteiger partial charge >= 0.3 is 0 Å². The summed E-state index contributed by atoms with van der Waals surface area (Å²) >= 11 is 4.49. The zero-order chi connectivity index (χ0) is 10.6. The Morgan fingerprint density at radius 3 is 2.36 bits per heavy atom. The molecule has 0 aromatic carbocycles. The van der Waals surface area contributed by atoms with Gasteiger partial charge < -0.3 is 9.84 Å². The lowest BCUT2D eigenvalue weighted by Crippen LogP contribution is -2.38.